The normalized spacial score (nSPS) is 19.4. The minimum absolute atomic E-state index is 0.109. The Morgan fingerprint density at radius 1 is 1.07 bits per heavy atom. The molecule has 0 amide bonds. The lowest BCUT2D eigenvalue weighted by atomic mass is 9.99. The van der Waals surface area contributed by atoms with E-state index in [1.54, 1.807) is 0 Å². The average Bonchev–Trinajstić information content (AvgIpc) is 3.13. The summed E-state index contributed by atoms with van der Waals surface area (Å²) in [6.07, 6.45) is 17.3. The van der Waals surface area contributed by atoms with Crippen LogP contribution >= 0.6 is 23.2 Å². The van der Waals surface area contributed by atoms with E-state index < -0.39 is 0 Å². The van der Waals surface area contributed by atoms with Crippen LogP contribution in [0.25, 0.3) is 6.08 Å². The Balaban J connectivity index is 0. The molecule has 6 heteroatoms. The summed E-state index contributed by atoms with van der Waals surface area (Å²) in [5.74, 6) is 1.13. The highest BCUT2D eigenvalue weighted by Crippen LogP contribution is 2.21. The molecule has 0 N–H and O–H groups in total. The number of benzene rings is 1. The number of nitrogens with zero attached hydrogens (tertiary/aromatic N) is 2. The fourth-order valence-corrected chi connectivity index (χ4v) is 4.08. The molecule has 0 radical (unpaired) electrons. The Kier molecular flexibility index (Phi) is 27.9. The van der Waals surface area contributed by atoms with Crippen LogP contribution in [-0.4, -0.2) is 53.9 Å². The average molecular weight is 612 g/mol. The van der Waals surface area contributed by atoms with Crippen molar-refractivity contribution in [2.45, 2.75) is 104 Å². The van der Waals surface area contributed by atoms with E-state index in [0.29, 0.717) is 23.9 Å². The third kappa shape index (κ3) is 21.0. The maximum Gasteiger partial charge on any atom is 0.0999 e. The van der Waals surface area contributed by atoms with E-state index in [1.807, 2.05) is 72.8 Å². The predicted molar refractivity (Wildman–Crippen MR) is 184 cm³/mol. The number of halogens is 2. The van der Waals surface area contributed by atoms with Crippen LogP contribution < -0.4 is 0 Å². The number of hydroxylamine groups is 4. The molecule has 0 bridgehead atoms. The zero-order chi connectivity index (χ0) is 31.6. The van der Waals surface area contributed by atoms with Crippen LogP contribution in [0.1, 0.15) is 85.6 Å². The van der Waals surface area contributed by atoms with Crippen molar-refractivity contribution in [1.82, 2.24) is 10.1 Å². The highest BCUT2D eigenvalue weighted by molar-refractivity contribution is 6.40. The molecule has 1 aromatic carbocycles. The van der Waals surface area contributed by atoms with Crippen molar-refractivity contribution in [2.75, 3.05) is 19.4 Å². The largest absolute Gasteiger partial charge is 0.291 e. The lowest BCUT2D eigenvalue weighted by Gasteiger charge is -2.29. The van der Waals surface area contributed by atoms with Gasteiger partial charge in [0.15, 0.2) is 0 Å². The number of rotatable bonds is 13. The maximum atomic E-state index is 5.90. The third-order valence-corrected chi connectivity index (χ3v) is 7.01. The quantitative estimate of drug-likeness (QED) is 0.126. The number of hydrogen-bond donors (Lipinski definition) is 0. The molecule has 4 nitrogen and oxygen atoms in total. The van der Waals surface area contributed by atoms with Crippen LogP contribution in [0, 0.1) is 11.8 Å². The lowest BCUT2D eigenvalue weighted by molar-refractivity contribution is -0.199. The molecule has 0 unspecified atom stereocenters. The van der Waals surface area contributed by atoms with Gasteiger partial charge in [-0.3, -0.25) is 9.68 Å². The summed E-state index contributed by atoms with van der Waals surface area (Å²) >= 11 is 9.53. The first-order chi connectivity index (χ1) is 19.6. The van der Waals surface area contributed by atoms with Gasteiger partial charge in [-0.05, 0) is 56.9 Å². The van der Waals surface area contributed by atoms with E-state index in [1.165, 1.54) is 31.2 Å². The van der Waals surface area contributed by atoms with Gasteiger partial charge in [-0.15, -0.1) is 36.4 Å². The van der Waals surface area contributed by atoms with Crippen molar-refractivity contribution >= 4 is 29.3 Å². The van der Waals surface area contributed by atoms with E-state index in [0.717, 1.165) is 12.8 Å². The summed E-state index contributed by atoms with van der Waals surface area (Å²) in [5, 5.41) is 4.11. The second kappa shape index (κ2) is 27.4. The van der Waals surface area contributed by atoms with Crippen molar-refractivity contribution in [1.29, 1.82) is 0 Å². The highest BCUT2D eigenvalue weighted by atomic mass is 35.5. The minimum Gasteiger partial charge on any atom is -0.291 e. The van der Waals surface area contributed by atoms with E-state index in [2.05, 4.69) is 73.4 Å². The lowest BCUT2D eigenvalue weighted by Crippen LogP contribution is -2.35. The molecule has 0 fully saturated rings. The van der Waals surface area contributed by atoms with Gasteiger partial charge in [0, 0.05) is 26.2 Å². The summed E-state index contributed by atoms with van der Waals surface area (Å²) < 4.78 is 0. The van der Waals surface area contributed by atoms with E-state index in [4.69, 9.17) is 32.9 Å². The van der Waals surface area contributed by atoms with E-state index in [9.17, 15) is 0 Å². The van der Waals surface area contributed by atoms with Gasteiger partial charge in [-0.2, -0.15) is 10.1 Å². The van der Waals surface area contributed by atoms with Crippen molar-refractivity contribution in [3.63, 3.8) is 0 Å². The topological polar surface area (TPSA) is 24.9 Å². The Labute approximate surface area is 264 Å². The molecular weight excluding hydrogens is 551 g/mol. The van der Waals surface area contributed by atoms with E-state index >= 15 is 0 Å². The molecule has 2 rings (SSSR count). The fraction of sp³-hybridized carbons (Fsp3) is 0.600. The summed E-state index contributed by atoms with van der Waals surface area (Å²) in [5.41, 5.74) is 1.17. The van der Waals surface area contributed by atoms with Crippen LogP contribution in [0.5, 0.6) is 0 Å². The number of hydrogen-bond acceptors (Lipinski definition) is 4. The molecular formula is C35H60Cl2N2O2. The second-order valence-electron chi connectivity index (χ2n) is 10.6. The summed E-state index contributed by atoms with van der Waals surface area (Å²) in [4.78, 5) is 11.8. The van der Waals surface area contributed by atoms with E-state index in [-0.39, 0.29) is 17.5 Å². The van der Waals surface area contributed by atoms with Crippen molar-refractivity contribution in [2.24, 2.45) is 11.8 Å². The highest BCUT2D eigenvalue weighted by Gasteiger charge is 2.21. The first-order valence-electron chi connectivity index (χ1n) is 15.0. The Bertz CT molecular complexity index is 790. The summed E-state index contributed by atoms with van der Waals surface area (Å²) in [6.45, 7) is 24.4. The Hall–Kier alpha value is -1.40. The van der Waals surface area contributed by atoms with Crippen LogP contribution in [0.4, 0.5) is 0 Å². The van der Waals surface area contributed by atoms with Gasteiger partial charge in [-0.25, -0.2) is 0 Å². The molecule has 1 aromatic rings. The zero-order valence-electron chi connectivity index (χ0n) is 27.3. The SMILES string of the molecule is C=CC[C@@H](C)N(C)O[C@@H](C=C)[C@H](C)CCC.C=Cc1ccccc1.CCC[C@@H](C)[C@@H]1C=CC[C@@H](C)N(C)O1.ClCCl. The molecule has 0 aromatic heterocycles. The van der Waals surface area contributed by atoms with Crippen LogP contribution in [0.2, 0.25) is 0 Å². The number of alkyl halides is 2. The molecule has 0 spiro atoms. The maximum absolute atomic E-state index is 5.90. The van der Waals surface area contributed by atoms with Crippen molar-refractivity contribution in [3.8, 4) is 0 Å². The second-order valence-corrected chi connectivity index (χ2v) is 11.4. The standard InChI is InChI=1S/C14H27NO.C12H23NO.C8H8.CH2Cl2/c1-7-10-12(4)14(9-3)16-15(6)13(5)11-8-2;1-5-7-10(2)12-9-6-8-11(3)13(4)14-12;1-2-8-6-4-3-5-7-8;2-1-3/h8-9,12-14H,2-3,7,10-11H2,1,4-6H3;6,9-12H,5,7-8H2,1-4H3;2-7H,1H2;1H2/t12-,13-,14+;10-,11-,12+;;/m11../s1. The summed E-state index contributed by atoms with van der Waals surface area (Å²) in [6, 6.07) is 10.9. The minimum atomic E-state index is 0.109. The molecule has 6 atom stereocenters. The zero-order valence-corrected chi connectivity index (χ0v) is 28.8. The molecule has 1 heterocycles. The first-order valence-corrected chi connectivity index (χ1v) is 16.1. The van der Waals surface area contributed by atoms with Crippen LogP contribution in [0.15, 0.2) is 74.4 Å². The smallest absolute Gasteiger partial charge is 0.0999 e. The van der Waals surface area contributed by atoms with Crippen molar-refractivity contribution < 1.29 is 9.68 Å². The summed E-state index contributed by atoms with van der Waals surface area (Å²) in [7, 11) is 4.01. The van der Waals surface area contributed by atoms with Crippen LogP contribution in [0.3, 0.4) is 0 Å². The molecule has 1 aliphatic heterocycles. The monoisotopic (exact) mass is 610 g/mol. The molecule has 1 aliphatic rings. The molecule has 0 aliphatic carbocycles. The van der Waals surface area contributed by atoms with Gasteiger partial charge in [-0.1, -0.05) is 108 Å². The van der Waals surface area contributed by atoms with Gasteiger partial charge in [0.2, 0.25) is 0 Å². The van der Waals surface area contributed by atoms with Gasteiger partial charge in [0.1, 0.15) is 0 Å². The molecule has 236 valence electrons. The molecule has 41 heavy (non-hydrogen) atoms. The van der Waals surface area contributed by atoms with Gasteiger partial charge in [0.25, 0.3) is 0 Å². The van der Waals surface area contributed by atoms with Crippen molar-refractivity contribution in [3.05, 3.63) is 79.9 Å². The van der Waals surface area contributed by atoms with Gasteiger partial charge >= 0.3 is 0 Å². The van der Waals surface area contributed by atoms with Gasteiger partial charge in [0.05, 0.1) is 17.5 Å². The molecule has 0 saturated heterocycles. The Morgan fingerprint density at radius 3 is 2.12 bits per heavy atom. The third-order valence-electron chi connectivity index (χ3n) is 7.01. The van der Waals surface area contributed by atoms with Gasteiger partial charge < -0.3 is 0 Å². The first kappa shape index (κ1) is 41.7. The Morgan fingerprint density at radius 2 is 1.66 bits per heavy atom. The molecule has 0 saturated carbocycles. The van der Waals surface area contributed by atoms with Crippen LogP contribution in [-0.2, 0) is 9.68 Å². The fourth-order valence-electron chi connectivity index (χ4n) is 4.08. The predicted octanol–water partition coefficient (Wildman–Crippen LogP) is 10.6.